The first kappa shape index (κ1) is 23.5. The molecule has 0 aliphatic rings. The Bertz CT molecular complexity index is 1150. The summed E-state index contributed by atoms with van der Waals surface area (Å²) in [7, 11) is 0. The summed E-state index contributed by atoms with van der Waals surface area (Å²) in [4.78, 5) is 36.0. The fraction of sp³-hybridized carbons (Fsp3) is 0.0833. The van der Waals surface area contributed by atoms with E-state index in [-0.39, 0.29) is 12.5 Å². The Balaban J connectivity index is 1.50. The van der Waals surface area contributed by atoms with Gasteiger partial charge in [0.25, 0.3) is 5.91 Å². The molecule has 0 saturated carbocycles. The zero-order valence-corrected chi connectivity index (χ0v) is 18.2. The molecule has 0 spiro atoms. The van der Waals surface area contributed by atoms with E-state index in [1.807, 2.05) is 30.3 Å². The number of ether oxygens (including phenoxy) is 1. The van der Waals surface area contributed by atoms with Crippen LogP contribution in [0.1, 0.15) is 11.1 Å². The Labute approximate surface area is 195 Å². The molecule has 0 aromatic heterocycles. The van der Waals surface area contributed by atoms with E-state index in [1.54, 1.807) is 48.5 Å². The minimum absolute atomic E-state index is 0.190. The highest BCUT2D eigenvalue weighted by atomic mass is 35.5. The monoisotopic (exact) mass is 464 g/mol. The van der Waals surface area contributed by atoms with E-state index in [2.05, 4.69) is 21.2 Å². The van der Waals surface area contributed by atoms with Crippen molar-refractivity contribution in [3.8, 4) is 5.75 Å². The summed E-state index contributed by atoms with van der Waals surface area (Å²) in [6.45, 7) is 0.207. The molecule has 9 heteroatoms. The molecule has 33 heavy (non-hydrogen) atoms. The minimum Gasteiger partial charge on any atom is -0.483 e. The van der Waals surface area contributed by atoms with Crippen LogP contribution in [0.15, 0.2) is 84.0 Å². The topological polar surface area (TPSA) is 109 Å². The largest absolute Gasteiger partial charge is 0.483 e. The standard InChI is InChI=1S/C24H21ClN4O4/c25-19-11-5-6-12-20(19)28-23(31)24(32)29-27-15-18-10-4-7-13-21(18)33-16-22(30)26-14-17-8-2-1-3-9-17/h1-13,15H,14,16H2,(H,26,30)(H,28,31)(H,29,32)/b27-15-. The van der Waals surface area contributed by atoms with Gasteiger partial charge in [0, 0.05) is 12.1 Å². The van der Waals surface area contributed by atoms with Crippen molar-refractivity contribution < 1.29 is 19.1 Å². The fourth-order valence-corrected chi connectivity index (χ4v) is 2.85. The van der Waals surface area contributed by atoms with Crippen molar-refractivity contribution in [2.24, 2.45) is 5.10 Å². The highest BCUT2D eigenvalue weighted by molar-refractivity contribution is 6.41. The van der Waals surface area contributed by atoms with Gasteiger partial charge in [-0.2, -0.15) is 5.10 Å². The minimum atomic E-state index is -0.968. The number of carbonyl (C=O) groups is 3. The molecule has 8 nitrogen and oxygen atoms in total. The number of halogens is 1. The van der Waals surface area contributed by atoms with Gasteiger partial charge in [0.2, 0.25) is 0 Å². The molecule has 0 heterocycles. The number of carbonyl (C=O) groups excluding carboxylic acids is 3. The zero-order chi connectivity index (χ0) is 23.5. The number of benzene rings is 3. The maximum absolute atomic E-state index is 12.1. The molecule has 0 unspecified atom stereocenters. The van der Waals surface area contributed by atoms with Gasteiger partial charge in [-0.1, -0.05) is 66.2 Å². The van der Waals surface area contributed by atoms with Gasteiger partial charge in [0.1, 0.15) is 5.75 Å². The van der Waals surface area contributed by atoms with Gasteiger partial charge < -0.3 is 15.4 Å². The van der Waals surface area contributed by atoms with E-state index in [0.717, 1.165) is 5.56 Å². The number of hydrogen-bond acceptors (Lipinski definition) is 5. The van der Waals surface area contributed by atoms with Crippen LogP contribution >= 0.6 is 11.6 Å². The molecular formula is C24H21ClN4O4. The summed E-state index contributed by atoms with van der Waals surface area (Å²) in [6, 6.07) is 22.9. The van der Waals surface area contributed by atoms with Crippen molar-refractivity contribution in [1.82, 2.24) is 10.7 Å². The molecule has 0 saturated heterocycles. The zero-order valence-electron chi connectivity index (χ0n) is 17.5. The van der Waals surface area contributed by atoms with E-state index in [9.17, 15) is 14.4 Å². The number of anilines is 1. The second-order valence-corrected chi connectivity index (χ2v) is 7.13. The molecule has 0 fully saturated rings. The summed E-state index contributed by atoms with van der Waals surface area (Å²) < 4.78 is 5.57. The molecule has 0 radical (unpaired) electrons. The van der Waals surface area contributed by atoms with E-state index < -0.39 is 11.8 Å². The maximum atomic E-state index is 12.1. The lowest BCUT2D eigenvalue weighted by Gasteiger charge is -2.09. The quantitative estimate of drug-likeness (QED) is 0.270. The molecule has 0 aliphatic heterocycles. The van der Waals surface area contributed by atoms with Crippen molar-refractivity contribution in [2.45, 2.75) is 6.54 Å². The molecular weight excluding hydrogens is 444 g/mol. The molecule has 3 rings (SSSR count). The Morgan fingerprint density at radius 2 is 1.58 bits per heavy atom. The summed E-state index contributed by atoms with van der Waals surface area (Å²) >= 11 is 5.96. The Hall–Kier alpha value is -4.17. The van der Waals surface area contributed by atoms with Crippen LogP contribution in [0.2, 0.25) is 5.02 Å². The molecule has 0 atom stereocenters. The van der Waals surface area contributed by atoms with Crippen LogP contribution in [-0.4, -0.2) is 30.5 Å². The third-order valence-electron chi connectivity index (χ3n) is 4.31. The lowest BCUT2D eigenvalue weighted by Crippen LogP contribution is -2.32. The van der Waals surface area contributed by atoms with E-state index in [4.69, 9.17) is 16.3 Å². The van der Waals surface area contributed by atoms with Crippen LogP contribution in [0.4, 0.5) is 5.69 Å². The summed E-state index contributed by atoms with van der Waals surface area (Å²) in [5, 5.41) is 9.27. The number of rotatable bonds is 8. The molecule has 0 bridgehead atoms. The third-order valence-corrected chi connectivity index (χ3v) is 4.64. The maximum Gasteiger partial charge on any atom is 0.329 e. The molecule has 3 N–H and O–H groups in total. The normalized spacial score (nSPS) is 10.5. The highest BCUT2D eigenvalue weighted by Gasteiger charge is 2.14. The molecule has 3 aromatic rings. The lowest BCUT2D eigenvalue weighted by atomic mass is 10.2. The van der Waals surface area contributed by atoms with Crippen molar-refractivity contribution in [2.75, 3.05) is 11.9 Å². The second kappa shape index (κ2) is 12.0. The molecule has 3 aromatic carbocycles. The second-order valence-electron chi connectivity index (χ2n) is 6.72. The van der Waals surface area contributed by atoms with Gasteiger partial charge in [0.15, 0.2) is 6.61 Å². The van der Waals surface area contributed by atoms with Crippen LogP contribution in [0, 0.1) is 0 Å². The van der Waals surface area contributed by atoms with Gasteiger partial charge in [0.05, 0.1) is 16.9 Å². The Morgan fingerprint density at radius 1 is 0.879 bits per heavy atom. The number of amides is 3. The smallest absolute Gasteiger partial charge is 0.329 e. The summed E-state index contributed by atoms with van der Waals surface area (Å²) in [6.07, 6.45) is 1.32. The van der Waals surface area contributed by atoms with Gasteiger partial charge in [-0.3, -0.25) is 14.4 Å². The average Bonchev–Trinajstić information content (AvgIpc) is 2.84. The van der Waals surface area contributed by atoms with E-state index in [1.165, 1.54) is 6.21 Å². The Kier molecular flexibility index (Phi) is 8.55. The highest BCUT2D eigenvalue weighted by Crippen LogP contribution is 2.20. The lowest BCUT2D eigenvalue weighted by molar-refractivity contribution is -0.136. The van der Waals surface area contributed by atoms with Crippen LogP contribution < -0.4 is 20.8 Å². The Morgan fingerprint density at radius 3 is 2.36 bits per heavy atom. The first-order valence-corrected chi connectivity index (χ1v) is 10.3. The number of nitrogens with one attached hydrogen (secondary N) is 3. The number of para-hydroxylation sites is 2. The van der Waals surface area contributed by atoms with Crippen LogP contribution in [0.5, 0.6) is 5.75 Å². The third kappa shape index (κ3) is 7.48. The van der Waals surface area contributed by atoms with E-state index >= 15 is 0 Å². The van der Waals surface area contributed by atoms with Gasteiger partial charge in [-0.15, -0.1) is 0 Å². The van der Waals surface area contributed by atoms with Crippen molar-refractivity contribution in [1.29, 1.82) is 0 Å². The first-order chi connectivity index (χ1) is 16.0. The van der Waals surface area contributed by atoms with Gasteiger partial charge in [-0.25, -0.2) is 5.43 Å². The van der Waals surface area contributed by atoms with E-state index in [0.29, 0.717) is 28.6 Å². The number of hydrazone groups is 1. The predicted octanol–water partition coefficient (Wildman–Crippen LogP) is 3.12. The fourth-order valence-electron chi connectivity index (χ4n) is 2.66. The van der Waals surface area contributed by atoms with Crippen LogP contribution in [0.25, 0.3) is 0 Å². The van der Waals surface area contributed by atoms with Crippen molar-refractivity contribution >= 4 is 41.2 Å². The van der Waals surface area contributed by atoms with Gasteiger partial charge >= 0.3 is 11.8 Å². The van der Waals surface area contributed by atoms with Gasteiger partial charge in [-0.05, 0) is 29.8 Å². The summed E-state index contributed by atoms with van der Waals surface area (Å²) in [5.41, 5.74) is 3.95. The van der Waals surface area contributed by atoms with Crippen LogP contribution in [0.3, 0.4) is 0 Å². The summed E-state index contributed by atoms with van der Waals surface area (Å²) in [5.74, 6) is -1.77. The predicted molar refractivity (Wildman–Crippen MR) is 126 cm³/mol. The van der Waals surface area contributed by atoms with Crippen molar-refractivity contribution in [3.63, 3.8) is 0 Å². The van der Waals surface area contributed by atoms with Crippen molar-refractivity contribution in [3.05, 3.63) is 95.0 Å². The first-order valence-electron chi connectivity index (χ1n) is 9.94. The molecule has 0 aliphatic carbocycles. The SMILES string of the molecule is O=C(COc1ccccc1/C=N\NC(=O)C(=O)Nc1ccccc1Cl)NCc1ccccc1. The molecule has 168 valence electrons. The number of hydrogen-bond donors (Lipinski definition) is 3. The van der Waals surface area contributed by atoms with Crippen LogP contribution in [-0.2, 0) is 20.9 Å². The number of nitrogens with zero attached hydrogens (tertiary/aromatic N) is 1. The average molecular weight is 465 g/mol. The molecule has 3 amide bonds.